The third kappa shape index (κ3) is 2.45. The summed E-state index contributed by atoms with van der Waals surface area (Å²) in [6, 6.07) is 6.07. The van der Waals surface area contributed by atoms with Crippen LogP contribution in [0.4, 0.5) is 4.39 Å². The molecule has 6 heteroatoms. The van der Waals surface area contributed by atoms with Gasteiger partial charge in [-0.2, -0.15) is 5.26 Å². The maximum atomic E-state index is 14.2. The predicted molar refractivity (Wildman–Crippen MR) is 76.2 cm³/mol. The number of nitrogens with one attached hydrogen (secondary N) is 1. The van der Waals surface area contributed by atoms with Crippen molar-refractivity contribution in [3.8, 4) is 22.9 Å². The van der Waals surface area contributed by atoms with E-state index in [4.69, 9.17) is 10.00 Å². The van der Waals surface area contributed by atoms with Gasteiger partial charge in [-0.05, 0) is 35.0 Å². The Bertz CT molecular complexity index is 778. The molecule has 0 saturated carbocycles. The van der Waals surface area contributed by atoms with Crippen LogP contribution in [-0.4, -0.2) is 12.1 Å². The number of nitrogens with zero attached hydrogens (tertiary/aromatic N) is 1. The fourth-order valence-corrected chi connectivity index (χ4v) is 2.41. The number of benzene rings is 1. The molecule has 0 bridgehead atoms. The summed E-state index contributed by atoms with van der Waals surface area (Å²) in [5, 5.41) is 9.08. The molecule has 1 heterocycles. The van der Waals surface area contributed by atoms with Crippen molar-refractivity contribution in [2.75, 3.05) is 7.11 Å². The number of aryl methyl sites for hydroxylation is 1. The quantitative estimate of drug-likeness (QED) is 0.916. The molecule has 0 radical (unpaired) electrons. The molecular weight excluding hydrogens is 327 g/mol. The van der Waals surface area contributed by atoms with Crippen molar-refractivity contribution in [2.45, 2.75) is 6.92 Å². The molecule has 20 heavy (non-hydrogen) atoms. The summed E-state index contributed by atoms with van der Waals surface area (Å²) < 4.78 is 19.7. The lowest BCUT2D eigenvalue weighted by molar-refractivity contribution is 0.409. The lowest BCUT2D eigenvalue weighted by Gasteiger charge is -2.10. The maximum absolute atomic E-state index is 14.2. The van der Waals surface area contributed by atoms with Crippen molar-refractivity contribution in [1.29, 1.82) is 5.26 Å². The highest BCUT2D eigenvalue weighted by molar-refractivity contribution is 9.10. The molecule has 0 saturated heterocycles. The first-order chi connectivity index (χ1) is 9.47. The molecule has 1 aromatic carbocycles. The van der Waals surface area contributed by atoms with Gasteiger partial charge in [0.15, 0.2) is 0 Å². The number of nitriles is 1. The van der Waals surface area contributed by atoms with Gasteiger partial charge in [0.2, 0.25) is 0 Å². The van der Waals surface area contributed by atoms with Crippen LogP contribution in [0.25, 0.3) is 11.1 Å². The molecular formula is C14H10BrFN2O2. The standard InChI is InChI=1S/C14H10BrFN2O2/c1-7-3-8(10(6-17)14(19)18-7)9-4-11(15)13(20-2)5-12(9)16/h3-5H,1-2H3,(H,18,19). The van der Waals surface area contributed by atoms with Gasteiger partial charge in [-0.25, -0.2) is 4.39 Å². The Morgan fingerprint density at radius 2 is 2.05 bits per heavy atom. The summed E-state index contributed by atoms with van der Waals surface area (Å²) in [6.45, 7) is 1.67. The van der Waals surface area contributed by atoms with Crippen LogP contribution in [0.5, 0.6) is 5.75 Å². The van der Waals surface area contributed by atoms with Crippen molar-refractivity contribution < 1.29 is 9.13 Å². The molecule has 0 aliphatic rings. The molecule has 1 aromatic heterocycles. The van der Waals surface area contributed by atoms with Crippen molar-refractivity contribution in [1.82, 2.24) is 4.98 Å². The van der Waals surface area contributed by atoms with E-state index in [2.05, 4.69) is 20.9 Å². The van der Waals surface area contributed by atoms with Gasteiger partial charge in [-0.15, -0.1) is 0 Å². The number of aromatic nitrogens is 1. The minimum Gasteiger partial charge on any atom is -0.495 e. The number of halogens is 2. The van der Waals surface area contributed by atoms with Crippen molar-refractivity contribution >= 4 is 15.9 Å². The number of hydrogen-bond acceptors (Lipinski definition) is 3. The van der Waals surface area contributed by atoms with Crippen LogP contribution in [-0.2, 0) is 0 Å². The first-order valence-corrected chi connectivity index (χ1v) is 6.44. The normalized spacial score (nSPS) is 10.2. The highest BCUT2D eigenvalue weighted by Gasteiger charge is 2.16. The fourth-order valence-electron chi connectivity index (χ4n) is 1.90. The van der Waals surface area contributed by atoms with Gasteiger partial charge in [-0.3, -0.25) is 4.79 Å². The average molecular weight is 337 g/mol. The molecule has 2 rings (SSSR count). The zero-order valence-electron chi connectivity index (χ0n) is 10.8. The Morgan fingerprint density at radius 1 is 1.35 bits per heavy atom. The van der Waals surface area contributed by atoms with Crippen LogP contribution in [0.2, 0.25) is 0 Å². The van der Waals surface area contributed by atoms with Crippen molar-refractivity contribution in [2.24, 2.45) is 0 Å². The van der Waals surface area contributed by atoms with Gasteiger partial charge in [0.1, 0.15) is 23.2 Å². The van der Waals surface area contributed by atoms with E-state index in [1.165, 1.54) is 19.2 Å². The van der Waals surface area contributed by atoms with E-state index in [1.807, 2.05) is 6.07 Å². The van der Waals surface area contributed by atoms with Gasteiger partial charge < -0.3 is 9.72 Å². The highest BCUT2D eigenvalue weighted by Crippen LogP contribution is 2.34. The van der Waals surface area contributed by atoms with E-state index < -0.39 is 11.4 Å². The third-order valence-corrected chi connectivity index (χ3v) is 3.43. The number of hydrogen-bond donors (Lipinski definition) is 1. The minimum atomic E-state index is -0.563. The zero-order valence-corrected chi connectivity index (χ0v) is 12.3. The maximum Gasteiger partial charge on any atom is 0.266 e. The first-order valence-electron chi connectivity index (χ1n) is 5.65. The lowest BCUT2D eigenvalue weighted by atomic mass is 10.0. The smallest absolute Gasteiger partial charge is 0.266 e. The molecule has 0 unspecified atom stereocenters. The van der Waals surface area contributed by atoms with Crippen LogP contribution < -0.4 is 10.3 Å². The highest BCUT2D eigenvalue weighted by atomic mass is 79.9. The largest absolute Gasteiger partial charge is 0.495 e. The Balaban J connectivity index is 2.79. The Hall–Kier alpha value is -2.13. The average Bonchev–Trinajstić information content (AvgIpc) is 2.40. The number of ether oxygens (including phenoxy) is 1. The summed E-state index contributed by atoms with van der Waals surface area (Å²) in [7, 11) is 1.43. The Morgan fingerprint density at radius 3 is 2.65 bits per heavy atom. The molecule has 2 aromatic rings. The van der Waals surface area contributed by atoms with E-state index in [9.17, 15) is 9.18 Å². The van der Waals surface area contributed by atoms with Crippen LogP contribution in [0, 0.1) is 24.1 Å². The molecule has 0 atom stereocenters. The predicted octanol–water partition coefficient (Wildman–Crippen LogP) is 3.13. The van der Waals surface area contributed by atoms with E-state index >= 15 is 0 Å². The van der Waals surface area contributed by atoms with Crippen LogP contribution in [0.3, 0.4) is 0 Å². The molecule has 0 spiro atoms. The van der Waals surface area contributed by atoms with E-state index in [0.717, 1.165) is 0 Å². The second kappa shape index (κ2) is 5.47. The number of aromatic amines is 1. The van der Waals surface area contributed by atoms with Gasteiger partial charge >= 0.3 is 0 Å². The molecule has 0 fully saturated rings. The Kier molecular flexibility index (Phi) is 3.91. The van der Waals surface area contributed by atoms with E-state index in [0.29, 0.717) is 15.9 Å². The molecule has 0 amide bonds. The SMILES string of the molecule is COc1cc(F)c(-c2cc(C)[nH]c(=O)c2C#N)cc1Br. The monoisotopic (exact) mass is 336 g/mol. The molecule has 102 valence electrons. The van der Waals surface area contributed by atoms with E-state index in [1.54, 1.807) is 13.0 Å². The second-order valence-electron chi connectivity index (χ2n) is 4.15. The molecule has 4 nitrogen and oxygen atoms in total. The van der Waals surface area contributed by atoms with Gasteiger partial charge in [0.25, 0.3) is 5.56 Å². The number of H-pyrrole nitrogens is 1. The minimum absolute atomic E-state index is 0.119. The van der Waals surface area contributed by atoms with Crippen LogP contribution >= 0.6 is 15.9 Å². The summed E-state index contributed by atoms with van der Waals surface area (Å²) in [5.41, 5.74) is 0.328. The second-order valence-corrected chi connectivity index (χ2v) is 5.00. The fraction of sp³-hybridized carbons (Fsp3) is 0.143. The third-order valence-electron chi connectivity index (χ3n) is 2.81. The summed E-state index contributed by atoms with van der Waals surface area (Å²) in [6.07, 6.45) is 0. The van der Waals surface area contributed by atoms with Gasteiger partial charge in [0, 0.05) is 22.9 Å². The number of rotatable bonds is 2. The van der Waals surface area contributed by atoms with Crippen molar-refractivity contribution in [3.05, 3.63) is 50.1 Å². The molecule has 1 N–H and O–H groups in total. The summed E-state index contributed by atoms with van der Waals surface area (Å²) >= 11 is 3.26. The van der Waals surface area contributed by atoms with Crippen LogP contribution in [0.15, 0.2) is 27.5 Å². The lowest BCUT2D eigenvalue weighted by Crippen LogP contribution is -2.13. The van der Waals surface area contributed by atoms with Gasteiger partial charge in [-0.1, -0.05) is 0 Å². The zero-order chi connectivity index (χ0) is 14.9. The summed E-state index contributed by atoms with van der Waals surface area (Å²) in [4.78, 5) is 14.3. The van der Waals surface area contributed by atoms with Crippen molar-refractivity contribution in [3.63, 3.8) is 0 Å². The van der Waals surface area contributed by atoms with Gasteiger partial charge in [0.05, 0.1) is 11.6 Å². The molecule has 0 aliphatic heterocycles. The first kappa shape index (κ1) is 14.3. The number of pyridine rings is 1. The summed E-state index contributed by atoms with van der Waals surface area (Å²) in [5.74, 6) is -0.224. The van der Waals surface area contributed by atoms with Crippen LogP contribution in [0.1, 0.15) is 11.3 Å². The Labute approximate surface area is 123 Å². The topological polar surface area (TPSA) is 65.9 Å². The number of methoxy groups -OCH3 is 1. The van der Waals surface area contributed by atoms with E-state index in [-0.39, 0.29) is 16.7 Å². The molecule has 0 aliphatic carbocycles.